The molecule has 0 saturated carbocycles. The summed E-state index contributed by atoms with van der Waals surface area (Å²) in [7, 11) is 1.27. The maximum atomic E-state index is 13.0. The molecule has 448 valence electrons. The number of aliphatic hydroxyl groups excluding tert-OH is 1. The summed E-state index contributed by atoms with van der Waals surface area (Å²) < 4.78 is 23.4. The molecule has 8 nitrogen and oxygen atoms in total. The highest BCUT2D eigenvalue weighted by Crippen LogP contribution is 2.38. The second-order valence-corrected chi connectivity index (χ2v) is 24.5. The van der Waals surface area contributed by atoms with Gasteiger partial charge in [0.1, 0.15) is 13.2 Å². The Kier molecular flexibility index (Phi) is 56.6. The first-order valence-electron chi connectivity index (χ1n) is 32.4. The number of aliphatic hydroxyl groups is 1. The van der Waals surface area contributed by atoms with E-state index in [0.29, 0.717) is 17.4 Å². The zero-order valence-corrected chi connectivity index (χ0v) is 52.0. The number of nitrogens with zero attached hydrogens (tertiary/aromatic N) is 1. The third kappa shape index (κ3) is 61.2. The number of phosphoric acid groups is 1. The van der Waals surface area contributed by atoms with E-state index in [1.54, 1.807) is 6.08 Å². The Morgan fingerprint density at radius 1 is 0.468 bits per heavy atom. The molecule has 0 radical (unpaired) electrons. The summed E-state index contributed by atoms with van der Waals surface area (Å²) in [5, 5.41) is 13.9. The lowest BCUT2D eigenvalue weighted by molar-refractivity contribution is -0.870. The topological polar surface area (TPSA) is 108 Å². The minimum absolute atomic E-state index is 0.00183. The van der Waals surface area contributed by atoms with Crippen LogP contribution in [0.1, 0.15) is 290 Å². The molecule has 0 aromatic carbocycles. The summed E-state index contributed by atoms with van der Waals surface area (Å²) in [6, 6.07) is -0.889. The van der Waals surface area contributed by atoms with Crippen molar-refractivity contribution in [2.75, 3.05) is 40.9 Å². The molecule has 0 bridgehead atoms. The van der Waals surface area contributed by atoms with Crippen LogP contribution in [0.3, 0.4) is 0 Å². The van der Waals surface area contributed by atoms with Crippen molar-refractivity contribution in [3.8, 4) is 0 Å². The van der Waals surface area contributed by atoms with Gasteiger partial charge in [-0.25, -0.2) is 0 Å². The van der Waals surface area contributed by atoms with Gasteiger partial charge in [0.05, 0.1) is 39.9 Å². The molecule has 1 amide bonds. The molecule has 0 aliphatic carbocycles. The summed E-state index contributed by atoms with van der Waals surface area (Å²) in [5.74, 6) is -0.195. The van der Waals surface area contributed by atoms with Gasteiger partial charge in [0.25, 0.3) is 7.82 Å². The van der Waals surface area contributed by atoms with Crippen molar-refractivity contribution >= 4 is 13.7 Å². The Morgan fingerprint density at radius 3 is 1.16 bits per heavy atom. The van der Waals surface area contributed by atoms with Gasteiger partial charge >= 0.3 is 0 Å². The molecule has 0 rings (SSSR count). The average Bonchev–Trinajstić information content (AvgIpc) is 3.39. The largest absolute Gasteiger partial charge is 0.756 e. The van der Waals surface area contributed by atoms with Crippen LogP contribution in [0.5, 0.6) is 0 Å². The van der Waals surface area contributed by atoms with Gasteiger partial charge in [0.15, 0.2) is 0 Å². The Labute approximate surface area is 477 Å². The van der Waals surface area contributed by atoms with Crippen molar-refractivity contribution in [3.05, 3.63) is 85.1 Å². The molecule has 77 heavy (non-hydrogen) atoms. The minimum atomic E-state index is -4.60. The highest BCUT2D eigenvalue weighted by molar-refractivity contribution is 7.45. The van der Waals surface area contributed by atoms with Crippen LogP contribution in [0, 0.1) is 0 Å². The molecule has 0 aliphatic heterocycles. The van der Waals surface area contributed by atoms with Crippen LogP contribution >= 0.6 is 7.82 Å². The highest BCUT2D eigenvalue weighted by Gasteiger charge is 2.23. The van der Waals surface area contributed by atoms with Gasteiger partial charge in [0, 0.05) is 6.42 Å². The van der Waals surface area contributed by atoms with Crippen molar-refractivity contribution in [2.45, 2.75) is 302 Å². The molecule has 0 aliphatic rings. The highest BCUT2D eigenvalue weighted by atomic mass is 31.2. The quantitative estimate of drug-likeness (QED) is 0.0272. The molecule has 0 heterocycles. The van der Waals surface area contributed by atoms with Gasteiger partial charge in [-0.05, 0) is 70.6 Å². The lowest BCUT2D eigenvalue weighted by Gasteiger charge is -2.29. The summed E-state index contributed by atoms with van der Waals surface area (Å²) in [6.45, 7) is 4.56. The van der Waals surface area contributed by atoms with Crippen molar-refractivity contribution in [3.63, 3.8) is 0 Å². The number of hydrogen-bond acceptors (Lipinski definition) is 6. The summed E-state index contributed by atoms with van der Waals surface area (Å²) in [6.07, 6.45) is 82.5. The first-order chi connectivity index (χ1) is 37.5. The number of carbonyl (C=O) groups is 1. The second kappa shape index (κ2) is 58.3. The van der Waals surface area contributed by atoms with E-state index in [1.165, 1.54) is 193 Å². The molecule has 3 atom stereocenters. The molecule has 9 heteroatoms. The van der Waals surface area contributed by atoms with E-state index in [1.807, 2.05) is 27.2 Å². The van der Waals surface area contributed by atoms with Crippen molar-refractivity contribution in [2.24, 2.45) is 0 Å². The van der Waals surface area contributed by atoms with Gasteiger partial charge in [-0.3, -0.25) is 9.36 Å². The molecule has 3 unspecified atom stereocenters. The molecule has 2 N–H and O–H groups in total. The van der Waals surface area contributed by atoms with Gasteiger partial charge in [-0.2, -0.15) is 0 Å². The number of phosphoric ester groups is 1. The summed E-state index contributed by atoms with van der Waals surface area (Å²) in [5.41, 5.74) is 0. The lowest BCUT2D eigenvalue weighted by Crippen LogP contribution is -2.45. The Balaban J connectivity index is 4.03. The standard InChI is InChI=1S/C68H125N2O6P/c1-6-8-10-12-14-16-18-20-22-24-26-27-28-29-30-31-32-33-34-35-36-37-38-39-40-41-42-43-44-46-48-50-52-54-56-58-60-62-68(72)69-66(65-76-77(73,74)75-64-63-70(3,4)5)67(71)61-59-57-55-53-51-49-47-45-25-23-21-19-17-15-13-11-9-7-2/h8,10,14,16,20,22,26-27,29-30,32-33,59,61,66-67,71H,6-7,9,11-13,15,17-19,21,23-25,28,31,34-58,60,62-65H2,1-5H3,(H-,69,72,73,74)/b10-8-,16-14-,22-20-,27-26-,30-29-,33-32-,61-59+. The van der Waals surface area contributed by atoms with Gasteiger partial charge in [-0.15, -0.1) is 0 Å². The number of quaternary nitrogens is 1. The Bertz CT molecular complexity index is 1530. The van der Waals surface area contributed by atoms with E-state index >= 15 is 0 Å². The third-order valence-corrected chi connectivity index (χ3v) is 15.3. The van der Waals surface area contributed by atoms with Crippen molar-refractivity contribution in [1.82, 2.24) is 5.32 Å². The van der Waals surface area contributed by atoms with E-state index in [0.717, 1.165) is 77.0 Å². The zero-order chi connectivity index (χ0) is 56.3. The number of carbonyl (C=O) groups excluding carboxylic acids is 1. The van der Waals surface area contributed by atoms with Gasteiger partial charge in [0.2, 0.25) is 5.91 Å². The molecule has 0 aromatic rings. The summed E-state index contributed by atoms with van der Waals surface area (Å²) in [4.78, 5) is 25.6. The average molecular weight is 1100 g/mol. The lowest BCUT2D eigenvalue weighted by atomic mass is 10.0. The van der Waals surface area contributed by atoms with Crippen LogP contribution in [0.4, 0.5) is 0 Å². The predicted molar refractivity (Wildman–Crippen MR) is 334 cm³/mol. The van der Waals surface area contributed by atoms with E-state index in [-0.39, 0.29) is 19.1 Å². The van der Waals surface area contributed by atoms with E-state index in [2.05, 4.69) is 92.1 Å². The van der Waals surface area contributed by atoms with E-state index in [4.69, 9.17) is 9.05 Å². The zero-order valence-electron chi connectivity index (χ0n) is 51.1. The normalized spacial score (nSPS) is 14.3. The second-order valence-electron chi connectivity index (χ2n) is 23.1. The minimum Gasteiger partial charge on any atom is -0.756 e. The number of hydrogen-bond donors (Lipinski definition) is 2. The molecular weight excluding hydrogens is 972 g/mol. The molecule has 0 fully saturated rings. The predicted octanol–water partition coefficient (Wildman–Crippen LogP) is 19.7. The van der Waals surface area contributed by atoms with Crippen LogP contribution in [-0.2, 0) is 18.4 Å². The number of nitrogens with one attached hydrogen (secondary N) is 1. The van der Waals surface area contributed by atoms with Crippen LogP contribution < -0.4 is 10.2 Å². The molecule has 0 aromatic heterocycles. The first-order valence-corrected chi connectivity index (χ1v) is 33.9. The number of rotatable bonds is 59. The molecule has 0 spiro atoms. The van der Waals surface area contributed by atoms with Crippen molar-refractivity contribution < 1.29 is 32.9 Å². The van der Waals surface area contributed by atoms with Crippen molar-refractivity contribution in [1.29, 1.82) is 0 Å². The SMILES string of the molecule is CC/C=C\C/C=C\C/C=C\C/C=C\C/C=C\C/C=C\CCCCCCCCCCCCCCCCCCCCC(=O)NC(COP(=O)([O-])OCC[N+](C)(C)C)C(O)/C=C/CCCCCCCCCCCCCCCCCC. The van der Waals surface area contributed by atoms with E-state index < -0.39 is 20.0 Å². The van der Waals surface area contributed by atoms with Crippen LogP contribution in [0.2, 0.25) is 0 Å². The number of unbranched alkanes of at least 4 members (excludes halogenated alkanes) is 34. The maximum Gasteiger partial charge on any atom is 0.268 e. The van der Waals surface area contributed by atoms with Crippen LogP contribution in [-0.4, -0.2) is 68.5 Å². The van der Waals surface area contributed by atoms with Gasteiger partial charge < -0.3 is 28.8 Å². The number of allylic oxidation sites excluding steroid dienone is 13. The fourth-order valence-electron chi connectivity index (χ4n) is 9.34. The van der Waals surface area contributed by atoms with Crippen LogP contribution in [0.25, 0.3) is 0 Å². The monoisotopic (exact) mass is 1100 g/mol. The number of amides is 1. The maximum absolute atomic E-state index is 13.0. The smallest absolute Gasteiger partial charge is 0.268 e. The molecule has 0 saturated heterocycles. The fourth-order valence-corrected chi connectivity index (χ4v) is 10.1. The van der Waals surface area contributed by atoms with E-state index in [9.17, 15) is 19.4 Å². The van der Waals surface area contributed by atoms with Gasteiger partial charge in [-0.1, -0.05) is 298 Å². The summed E-state index contributed by atoms with van der Waals surface area (Å²) >= 11 is 0. The fraction of sp³-hybridized carbons (Fsp3) is 0.779. The molecular formula is C68H125N2O6P. The Morgan fingerprint density at radius 2 is 0.792 bits per heavy atom. The first kappa shape index (κ1) is 74.7. The Hall–Kier alpha value is -2.32. The van der Waals surface area contributed by atoms with Crippen LogP contribution in [0.15, 0.2) is 85.1 Å². The third-order valence-electron chi connectivity index (χ3n) is 14.4. The number of likely N-dealkylation sites (N-methyl/N-ethyl adjacent to an activating group) is 1.